The summed E-state index contributed by atoms with van der Waals surface area (Å²) in [5, 5.41) is 30.1. The summed E-state index contributed by atoms with van der Waals surface area (Å²) < 4.78 is 12.9. The fourth-order valence-corrected chi connectivity index (χ4v) is 5.56. The number of hydrogen-bond donors (Lipinski definition) is 5. The first kappa shape index (κ1) is 31.7. The summed E-state index contributed by atoms with van der Waals surface area (Å²) in [5.41, 5.74) is 7.26. The number of amides is 2. The zero-order chi connectivity index (χ0) is 29.7. The molecule has 9 nitrogen and oxygen atoms in total. The van der Waals surface area contributed by atoms with Crippen LogP contribution in [0.4, 0.5) is 0 Å². The quantitative estimate of drug-likeness (QED) is 0.105. The number of nitrogens with one attached hydrogen (secondary N) is 2. The highest BCUT2D eigenvalue weighted by molar-refractivity contribution is 7.99. The zero-order valence-corrected chi connectivity index (χ0v) is 24.2. The van der Waals surface area contributed by atoms with E-state index in [2.05, 4.69) is 11.4 Å². The molecule has 1 aliphatic rings. The number of ether oxygens (including phenoxy) is 2. The monoisotopic (exact) mass is 594 g/mol. The molecule has 1 fully saturated rings. The fraction of sp³-hybridized carbons (Fsp3) is 0.375. The number of benzene rings is 3. The molecule has 10 heteroatoms. The van der Waals surface area contributed by atoms with Crippen LogP contribution in [0.2, 0.25) is 0 Å². The van der Waals surface area contributed by atoms with Gasteiger partial charge in [0, 0.05) is 42.9 Å². The first-order valence-corrected chi connectivity index (χ1v) is 15.2. The molecule has 0 aliphatic carbocycles. The Labute approximate surface area is 250 Å². The normalized spacial score (nSPS) is 18.4. The van der Waals surface area contributed by atoms with Gasteiger partial charge >= 0.3 is 0 Å². The number of hydroxylamine groups is 1. The molecule has 1 saturated heterocycles. The van der Waals surface area contributed by atoms with Gasteiger partial charge in [0.15, 0.2) is 6.29 Å². The van der Waals surface area contributed by atoms with Crippen molar-refractivity contribution in [2.45, 2.75) is 57.3 Å². The average Bonchev–Trinajstić information content (AvgIpc) is 3.04. The fourth-order valence-electron chi connectivity index (χ4n) is 4.78. The van der Waals surface area contributed by atoms with Crippen LogP contribution in [0.1, 0.15) is 60.3 Å². The number of carbonyl (C=O) groups excluding carboxylic acids is 2. The van der Waals surface area contributed by atoms with Crippen molar-refractivity contribution in [3.8, 4) is 11.1 Å². The van der Waals surface area contributed by atoms with Gasteiger partial charge in [-0.05, 0) is 46.4 Å². The van der Waals surface area contributed by atoms with Crippen LogP contribution in [0.15, 0.2) is 72.8 Å². The molecule has 0 saturated carbocycles. The van der Waals surface area contributed by atoms with E-state index in [1.54, 1.807) is 17.2 Å². The van der Waals surface area contributed by atoms with E-state index in [1.807, 2.05) is 66.7 Å². The Balaban J connectivity index is 1.45. The maximum atomic E-state index is 12.2. The van der Waals surface area contributed by atoms with Crippen molar-refractivity contribution in [3.63, 3.8) is 0 Å². The van der Waals surface area contributed by atoms with Crippen LogP contribution in [-0.4, -0.2) is 51.5 Å². The summed E-state index contributed by atoms with van der Waals surface area (Å²) in [6.45, 7) is 0.471. The van der Waals surface area contributed by atoms with Crippen LogP contribution in [0.5, 0.6) is 0 Å². The summed E-state index contributed by atoms with van der Waals surface area (Å²) in [6, 6.07) is 23.8. The third kappa shape index (κ3) is 9.38. The molecule has 0 aromatic heterocycles. The average molecular weight is 595 g/mol. The molecule has 3 unspecified atom stereocenters. The Morgan fingerprint density at radius 2 is 1.60 bits per heavy atom. The third-order valence-corrected chi connectivity index (χ3v) is 8.07. The SMILES string of the molecule is O=C(CCCC(=O)NCc1cccc(-c2cccc(C3OC(CSCCO)CC(c4ccc(CO)cc4)O3)c2)c1)NO. The molecule has 1 aliphatic heterocycles. The molecule has 1 heterocycles. The molecular formula is C32H38N2O7S. The second-order valence-electron chi connectivity index (χ2n) is 10.1. The van der Waals surface area contributed by atoms with Crippen LogP contribution in [0.25, 0.3) is 11.1 Å². The minimum absolute atomic E-state index is 0.0101. The van der Waals surface area contributed by atoms with E-state index < -0.39 is 12.2 Å². The maximum Gasteiger partial charge on any atom is 0.243 e. The van der Waals surface area contributed by atoms with Gasteiger partial charge in [-0.1, -0.05) is 60.7 Å². The number of carbonyl (C=O) groups is 2. The summed E-state index contributed by atoms with van der Waals surface area (Å²) in [4.78, 5) is 23.3. The highest BCUT2D eigenvalue weighted by Gasteiger charge is 2.32. The van der Waals surface area contributed by atoms with Gasteiger partial charge in [-0.2, -0.15) is 11.8 Å². The Kier molecular flexibility index (Phi) is 12.4. The Morgan fingerprint density at radius 1 is 0.857 bits per heavy atom. The molecule has 42 heavy (non-hydrogen) atoms. The van der Waals surface area contributed by atoms with E-state index in [0.29, 0.717) is 25.1 Å². The van der Waals surface area contributed by atoms with Gasteiger partial charge in [0.2, 0.25) is 11.8 Å². The standard InChI is InChI=1S/C32H38N2O7S/c35-14-15-42-21-28-18-29(24-12-10-22(20-36)11-13-24)41-32(40-28)27-7-2-6-26(17-27)25-5-1-4-23(16-25)19-33-30(37)8-3-9-31(38)34-39/h1-2,4-7,10-13,16-17,28-29,32,35-36,39H,3,8-9,14-15,18-21H2,(H,33,37)(H,34,38). The van der Waals surface area contributed by atoms with Crippen molar-refractivity contribution in [3.05, 3.63) is 95.1 Å². The first-order chi connectivity index (χ1) is 20.5. The van der Waals surface area contributed by atoms with Crippen molar-refractivity contribution in [2.24, 2.45) is 0 Å². The largest absolute Gasteiger partial charge is 0.396 e. The van der Waals surface area contributed by atoms with Crippen LogP contribution in [-0.2, 0) is 32.2 Å². The Morgan fingerprint density at radius 3 is 2.33 bits per heavy atom. The summed E-state index contributed by atoms with van der Waals surface area (Å²) >= 11 is 1.65. The molecule has 3 aromatic carbocycles. The minimum atomic E-state index is -0.573. The van der Waals surface area contributed by atoms with Gasteiger partial charge < -0.3 is 25.0 Å². The Hall–Kier alpha value is -3.25. The highest BCUT2D eigenvalue weighted by atomic mass is 32.2. The van der Waals surface area contributed by atoms with Crippen molar-refractivity contribution in [2.75, 3.05) is 18.1 Å². The van der Waals surface area contributed by atoms with Crippen LogP contribution >= 0.6 is 11.8 Å². The lowest BCUT2D eigenvalue weighted by Crippen LogP contribution is -2.31. The van der Waals surface area contributed by atoms with E-state index in [0.717, 1.165) is 39.1 Å². The minimum Gasteiger partial charge on any atom is -0.396 e. The Bertz CT molecular complexity index is 1300. The van der Waals surface area contributed by atoms with Gasteiger partial charge in [-0.15, -0.1) is 0 Å². The van der Waals surface area contributed by atoms with Crippen molar-refractivity contribution < 1.29 is 34.5 Å². The number of aliphatic hydroxyl groups is 2. The van der Waals surface area contributed by atoms with Gasteiger partial charge in [0.05, 0.1) is 25.4 Å². The first-order valence-electron chi connectivity index (χ1n) is 14.1. The second-order valence-corrected chi connectivity index (χ2v) is 11.3. The van der Waals surface area contributed by atoms with E-state index in [-0.39, 0.29) is 44.2 Å². The van der Waals surface area contributed by atoms with E-state index in [1.165, 1.54) is 0 Å². The van der Waals surface area contributed by atoms with Gasteiger partial charge in [0.25, 0.3) is 0 Å². The van der Waals surface area contributed by atoms with Crippen LogP contribution in [0.3, 0.4) is 0 Å². The molecular weight excluding hydrogens is 556 g/mol. The van der Waals surface area contributed by atoms with Gasteiger partial charge in [0.1, 0.15) is 0 Å². The number of thioether (sulfide) groups is 1. The molecule has 0 radical (unpaired) electrons. The molecule has 0 bridgehead atoms. The molecule has 3 aromatic rings. The van der Waals surface area contributed by atoms with Crippen molar-refractivity contribution >= 4 is 23.6 Å². The summed E-state index contributed by atoms with van der Waals surface area (Å²) in [6.07, 6.45) is 0.519. The van der Waals surface area contributed by atoms with Crippen LogP contribution < -0.4 is 10.8 Å². The molecule has 4 rings (SSSR count). The molecule has 3 atom stereocenters. The van der Waals surface area contributed by atoms with E-state index in [4.69, 9.17) is 14.7 Å². The topological polar surface area (TPSA) is 137 Å². The maximum absolute atomic E-state index is 12.2. The van der Waals surface area contributed by atoms with Crippen LogP contribution in [0, 0.1) is 0 Å². The molecule has 2 amide bonds. The summed E-state index contributed by atoms with van der Waals surface area (Å²) in [7, 11) is 0. The number of rotatable bonds is 14. The highest BCUT2D eigenvalue weighted by Crippen LogP contribution is 2.39. The lowest BCUT2D eigenvalue weighted by atomic mass is 9.99. The van der Waals surface area contributed by atoms with Crippen molar-refractivity contribution in [1.29, 1.82) is 0 Å². The summed E-state index contributed by atoms with van der Waals surface area (Å²) in [5.74, 6) is 0.722. The van der Waals surface area contributed by atoms with E-state index in [9.17, 15) is 19.8 Å². The molecule has 0 spiro atoms. The molecule has 224 valence electrons. The van der Waals surface area contributed by atoms with Gasteiger partial charge in [-0.3, -0.25) is 14.8 Å². The zero-order valence-electron chi connectivity index (χ0n) is 23.4. The smallest absolute Gasteiger partial charge is 0.243 e. The molecule has 5 N–H and O–H groups in total. The third-order valence-electron chi connectivity index (χ3n) is 7.00. The second kappa shape index (κ2) is 16.4. The lowest BCUT2D eigenvalue weighted by Gasteiger charge is -2.36. The number of hydrogen-bond acceptors (Lipinski definition) is 8. The number of aliphatic hydroxyl groups excluding tert-OH is 2. The predicted octanol–water partition coefficient (Wildman–Crippen LogP) is 4.41. The van der Waals surface area contributed by atoms with Crippen molar-refractivity contribution in [1.82, 2.24) is 10.8 Å². The predicted molar refractivity (Wildman–Crippen MR) is 160 cm³/mol. The van der Waals surface area contributed by atoms with E-state index >= 15 is 0 Å². The lowest BCUT2D eigenvalue weighted by molar-refractivity contribution is -0.245. The van der Waals surface area contributed by atoms with Gasteiger partial charge in [-0.25, -0.2) is 5.48 Å².